The van der Waals surface area contributed by atoms with Crippen LogP contribution in [0.25, 0.3) is 0 Å². The minimum Gasteiger partial charge on any atom is -0.106 e. The molecule has 0 amide bonds. The van der Waals surface area contributed by atoms with Gasteiger partial charge in [0.1, 0.15) is 3.53 Å². The van der Waals surface area contributed by atoms with Crippen LogP contribution in [0.4, 0.5) is 0 Å². The van der Waals surface area contributed by atoms with Crippen LogP contribution in [0.3, 0.4) is 0 Å². The van der Waals surface area contributed by atoms with Gasteiger partial charge in [-0.05, 0) is 13.3 Å². The molecule has 0 bridgehead atoms. The highest BCUT2D eigenvalue weighted by Crippen LogP contribution is 2.44. The summed E-state index contributed by atoms with van der Waals surface area (Å²) in [4.78, 5) is 0. The van der Waals surface area contributed by atoms with Gasteiger partial charge in [-0.3, -0.25) is 0 Å². The summed E-state index contributed by atoms with van der Waals surface area (Å²) in [5.74, 6) is 1.21. The molecule has 58 valence electrons. The Balaban J connectivity index is 2.46. The summed E-state index contributed by atoms with van der Waals surface area (Å²) in [6, 6.07) is 0. The quantitative estimate of drug-likeness (QED) is 0.616. The van der Waals surface area contributed by atoms with Crippen molar-refractivity contribution in [3.05, 3.63) is 0 Å². The van der Waals surface area contributed by atoms with Crippen molar-refractivity contribution in [2.45, 2.75) is 31.4 Å². The molecule has 0 aromatic carbocycles. The Kier molecular flexibility index (Phi) is 3.07. The first-order chi connectivity index (χ1) is 4.66. The molecular formula is C7H12S3. The molecule has 0 nitrogen and oxygen atoms in total. The van der Waals surface area contributed by atoms with Gasteiger partial charge in [0.25, 0.3) is 0 Å². The molecule has 0 aliphatic carbocycles. The first-order valence-corrected chi connectivity index (χ1v) is 5.73. The lowest BCUT2D eigenvalue weighted by molar-refractivity contribution is 0.641. The zero-order valence-electron chi connectivity index (χ0n) is 6.35. The summed E-state index contributed by atoms with van der Waals surface area (Å²) in [5, 5.41) is 0. The van der Waals surface area contributed by atoms with Crippen molar-refractivity contribution in [2.75, 3.05) is 5.75 Å². The molecule has 1 fully saturated rings. The Hall–Kier alpha value is 0.790. The van der Waals surface area contributed by atoms with Gasteiger partial charge in [0.2, 0.25) is 0 Å². The molecule has 10 heavy (non-hydrogen) atoms. The second kappa shape index (κ2) is 3.46. The Morgan fingerprint density at radius 1 is 1.70 bits per heavy atom. The maximum Gasteiger partial charge on any atom is 0.104 e. The van der Waals surface area contributed by atoms with Crippen LogP contribution in [0, 0.1) is 0 Å². The molecule has 1 unspecified atom stereocenters. The lowest BCUT2D eigenvalue weighted by Crippen LogP contribution is -2.18. The third-order valence-electron chi connectivity index (χ3n) is 1.60. The average Bonchev–Trinajstić information content (AvgIpc) is 2.12. The third kappa shape index (κ3) is 2.14. The highest BCUT2D eigenvalue weighted by Gasteiger charge is 2.32. The van der Waals surface area contributed by atoms with E-state index in [1.807, 2.05) is 23.5 Å². The van der Waals surface area contributed by atoms with E-state index in [1.54, 1.807) is 0 Å². The van der Waals surface area contributed by atoms with Gasteiger partial charge in [-0.1, -0.05) is 25.6 Å². The molecule has 1 saturated heterocycles. The van der Waals surface area contributed by atoms with Gasteiger partial charge in [-0.25, -0.2) is 0 Å². The minimum atomic E-state index is 0.455. The maximum absolute atomic E-state index is 5.11. The van der Waals surface area contributed by atoms with Gasteiger partial charge >= 0.3 is 0 Å². The predicted octanol–water partition coefficient (Wildman–Crippen LogP) is 3.31. The molecule has 0 N–H and O–H groups in total. The summed E-state index contributed by atoms with van der Waals surface area (Å²) in [6.45, 7) is 4.55. The zero-order valence-corrected chi connectivity index (χ0v) is 8.80. The molecule has 1 aliphatic heterocycles. The molecule has 1 heterocycles. The number of thiocarbonyl (C=S) groups is 1. The van der Waals surface area contributed by atoms with Crippen LogP contribution in [0.2, 0.25) is 0 Å². The van der Waals surface area contributed by atoms with E-state index >= 15 is 0 Å². The first-order valence-electron chi connectivity index (χ1n) is 3.52. The van der Waals surface area contributed by atoms with Gasteiger partial charge in [-0.2, -0.15) is 0 Å². The Labute approximate surface area is 76.5 Å². The average molecular weight is 192 g/mol. The van der Waals surface area contributed by atoms with Crippen molar-refractivity contribution >= 4 is 39.3 Å². The smallest absolute Gasteiger partial charge is 0.104 e. The van der Waals surface area contributed by atoms with E-state index in [0.717, 1.165) is 3.53 Å². The fourth-order valence-corrected chi connectivity index (χ4v) is 4.61. The van der Waals surface area contributed by atoms with Crippen molar-refractivity contribution in [2.24, 2.45) is 0 Å². The van der Waals surface area contributed by atoms with Crippen LogP contribution in [0.5, 0.6) is 0 Å². The van der Waals surface area contributed by atoms with E-state index in [2.05, 4.69) is 13.8 Å². The summed E-state index contributed by atoms with van der Waals surface area (Å²) >= 11 is 8.83. The van der Waals surface area contributed by atoms with Crippen molar-refractivity contribution < 1.29 is 0 Å². The molecule has 1 aliphatic rings. The molecule has 0 aromatic heterocycles. The number of thioether (sulfide) groups is 2. The van der Waals surface area contributed by atoms with Gasteiger partial charge in [0.05, 0.1) is 0 Å². The fourth-order valence-electron chi connectivity index (χ4n) is 1.12. The highest BCUT2D eigenvalue weighted by atomic mass is 32.2. The SMILES string of the molecule is CCCC1(C)CSC(=S)S1. The number of rotatable bonds is 2. The van der Waals surface area contributed by atoms with Gasteiger partial charge in [0, 0.05) is 10.5 Å². The molecule has 0 spiro atoms. The first kappa shape index (κ1) is 8.88. The summed E-state index contributed by atoms with van der Waals surface area (Å²) < 4.78 is 1.59. The molecule has 0 saturated carbocycles. The highest BCUT2D eigenvalue weighted by molar-refractivity contribution is 8.49. The van der Waals surface area contributed by atoms with E-state index in [0.29, 0.717) is 4.75 Å². The minimum absolute atomic E-state index is 0.455. The third-order valence-corrected chi connectivity index (χ3v) is 5.02. The molecule has 3 heteroatoms. The van der Waals surface area contributed by atoms with Crippen molar-refractivity contribution in [1.82, 2.24) is 0 Å². The van der Waals surface area contributed by atoms with Crippen molar-refractivity contribution in [3.63, 3.8) is 0 Å². The van der Waals surface area contributed by atoms with Gasteiger partial charge in [-0.15, -0.1) is 23.5 Å². The summed E-state index contributed by atoms with van der Waals surface area (Å²) in [5.41, 5.74) is 0. The molecule has 1 atom stereocenters. The van der Waals surface area contributed by atoms with Gasteiger partial charge in [0.15, 0.2) is 0 Å². The topological polar surface area (TPSA) is 0 Å². The Bertz CT molecular complexity index is 144. The fraction of sp³-hybridized carbons (Fsp3) is 0.857. The lowest BCUT2D eigenvalue weighted by Gasteiger charge is -2.19. The van der Waals surface area contributed by atoms with Crippen molar-refractivity contribution in [1.29, 1.82) is 0 Å². The second-order valence-electron chi connectivity index (χ2n) is 2.84. The van der Waals surface area contributed by atoms with Crippen LogP contribution < -0.4 is 0 Å². The monoisotopic (exact) mass is 192 g/mol. The number of hydrogen-bond donors (Lipinski definition) is 0. The molecule has 0 aromatic rings. The summed E-state index contributed by atoms with van der Waals surface area (Å²) in [6.07, 6.45) is 2.57. The maximum atomic E-state index is 5.11. The van der Waals surface area contributed by atoms with E-state index in [4.69, 9.17) is 12.2 Å². The Morgan fingerprint density at radius 3 is 2.80 bits per heavy atom. The second-order valence-corrected chi connectivity index (χ2v) is 6.61. The van der Waals surface area contributed by atoms with Crippen LogP contribution in [-0.4, -0.2) is 14.0 Å². The van der Waals surface area contributed by atoms with Crippen LogP contribution in [0.1, 0.15) is 26.7 Å². The summed E-state index contributed by atoms with van der Waals surface area (Å²) in [7, 11) is 0. The standard InChI is InChI=1S/C7H12S3/c1-3-4-7(2)5-9-6(8)10-7/h3-5H2,1-2H3. The molecular weight excluding hydrogens is 180 g/mol. The van der Waals surface area contributed by atoms with Crippen LogP contribution in [0.15, 0.2) is 0 Å². The van der Waals surface area contributed by atoms with Crippen LogP contribution >= 0.6 is 35.7 Å². The lowest BCUT2D eigenvalue weighted by atomic mass is 10.1. The van der Waals surface area contributed by atoms with Crippen molar-refractivity contribution in [3.8, 4) is 0 Å². The van der Waals surface area contributed by atoms with Gasteiger partial charge < -0.3 is 0 Å². The van der Waals surface area contributed by atoms with E-state index in [-0.39, 0.29) is 0 Å². The predicted molar refractivity (Wildman–Crippen MR) is 56.0 cm³/mol. The van der Waals surface area contributed by atoms with E-state index < -0.39 is 0 Å². The van der Waals surface area contributed by atoms with E-state index in [9.17, 15) is 0 Å². The largest absolute Gasteiger partial charge is 0.106 e. The van der Waals surface area contributed by atoms with Crippen LogP contribution in [-0.2, 0) is 0 Å². The Morgan fingerprint density at radius 2 is 2.40 bits per heavy atom. The molecule has 1 rings (SSSR count). The zero-order chi connectivity index (χ0) is 7.61. The number of hydrogen-bond acceptors (Lipinski definition) is 3. The molecule has 0 radical (unpaired) electrons. The van der Waals surface area contributed by atoms with E-state index in [1.165, 1.54) is 18.6 Å². The normalized spacial score (nSPS) is 33.2.